The number of nitrogens with zero attached hydrogens (tertiary/aromatic N) is 1. The van der Waals surface area contributed by atoms with E-state index in [9.17, 15) is 19.2 Å². The molecule has 7 nitrogen and oxygen atoms in total. The van der Waals surface area contributed by atoms with Crippen LogP contribution in [0.25, 0.3) is 0 Å². The summed E-state index contributed by atoms with van der Waals surface area (Å²) >= 11 is 0. The molecule has 1 saturated heterocycles. The second-order valence-corrected chi connectivity index (χ2v) is 10.7. The van der Waals surface area contributed by atoms with Crippen LogP contribution in [0.5, 0.6) is 0 Å². The number of amides is 3. The molecule has 2 aromatic carbocycles. The lowest BCUT2D eigenvalue weighted by molar-refractivity contribution is -0.147. The SMILES string of the molecule is CC(C)COC(=O)c1ccc(NC(=O)C(Cc2ccccc2)N2C(=O)C3C4CCC(C4)C3C2=O)cc1. The van der Waals surface area contributed by atoms with Gasteiger partial charge >= 0.3 is 5.97 Å². The average molecular weight is 489 g/mol. The third-order valence-corrected chi connectivity index (χ3v) is 7.78. The van der Waals surface area contributed by atoms with Gasteiger partial charge in [-0.15, -0.1) is 0 Å². The van der Waals surface area contributed by atoms with E-state index in [0.717, 1.165) is 24.8 Å². The summed E-state index contributed by atoms with van der Waals surface area (Å²) < 4.78 is 5.26. The molecule has 5 rings (SSSR count). The molecule has 5 atom stereocenters. The standard InChI is InChI=1S/C29H32N2O5/c1-17(2)16-36-29(35)19-10-12-22(13-11-19)30-26(32)23(14-18-6-4-3-5-7-18)31-27(33)24-20-8-9-21(15-20)25(24)28(31)34/h3-7,10-13,17,20-21,23-25H,8-9,14-16H2,1-2H3,(H,30,32). The summed E-state index contributed by atoms with van der Waals surface area (Å²) in [5.41, 5.74) is 1.75. The van der Waals surface area contributed by atoms with Crippen molar-refractivity contribution in [1.29, 1.82) is 0 Å². The number of likely N-dealkylation sites (tertiary alicyclic amines) is 1. The number of hydrogen-bond acceptors (Lipinski definition) is 5. The van der Waals surface area contributed by atoms with E-state index >= 15 is 0 Å². The maximum absolute atomic E-state index is 13.5. The number of benzene rings is 2. The first-order chi connectivity index (χ1) is 17.3. The molecule has 36 heavy (non-hydrogen) atoms. The summed E-state index contributed by atoms with van der Waals surface area (Å²) in [6, 6.07) is 15.0. The van der Waals surface area contributed by atoms with Crippen LogP contribution >= 0.6 is 0 Å². The lowest BCUT2D eigenvalue weighted by atomic mass is 9.81. The summed E-state index contributed by atoms with van der Waals surface area (Å²) in [5.74, 6) is -1.04. The maximum Gasteiger partial charge on any atom is 0.338 e. The highest BCUT2D eigenvalue weighted by Gasteiger charge is 2.62. The number of imide groups is 1. The molecule has 1 N–H and O–H groups in total. The van der Waals surface area contributed by atoms with Gasteiger partial charge in [0.2, 0.25) is 17.7 Å². The van der Waals surface area contributed by atoms with Gasteiger partial charge in [-0.25, -0.2) is 4.79 Å². The number of nitrogens with one attached hydrogen (secondary N) is 1. The van der Waals surface area contributed by atoms with E-state index in [1.54, 1.807) is 24.3 Å². The van der Waals surface area contributed by atoms with E-state index in [-0.39, 0.29) is 47.8 Å². The Labute approximate surface area is 211 Å². The molecule has 7 heteroatoms. The van der Waals surface area contributed by atoms with E-state index in [0.29, 0.717) is 17.9 Å². The van der Waals surface area contributed by atoms with E-state index in [1.807, 2.05) is 44.2 Å². The lowest BCUT2D eigenvalue weighted by Gasteiger charge is -2.27. The highest BCUT2D eigenvalue weighted by atomic mass is 16.5. The van der Waals surface area contributed by atoms with Crippen molar-refractivity contribution in [2.24, 2.45) is 29.6 Å². The van der Waals surface area contributed by atoms with E-state index in [4.69, 9.17) is 4.74 Å². The van der Waals surface area contributed by atoms with E-state index in [2.05, 4.69) is 5.32 Å². The molecule has 3 amide bonds. The first-order valence-corrected chi connectivity index (χ1v) is 12.8. The zero-order valence-electron chi connectivity index (χ0n) is 20.7. The summed E-state index contributed by atoms with van der Waals surface area (Å²) in [5, 5.41) is 2.86. The van der Waals surface area contributed by atoms with Gasteiger partial charge in [0, 0.05) is 12.1 Å². The molecule has 2 bridgehead atoms. The molecule has 3 fully saturated rings. The first-order valence-electron chi connectivity index (χ1n) is 12.8. The Kier molecular flexibility index (Phi) is 6.65. The number of ether oxygens (including phenoxy) is 1. The van der Waals surface area contributed by atoms with Crippen LogP contribution in [0.1, 0.15) is 49.0 Å². The van der Waals surface area contributed by atoms with Crippen molar-refractivity contribution in [1.82, 2.24) is 4.90 Å². The Morgan fingerprint density at radius 3 is 2.14 bits per heavy atom. The van der Waals surface area contributed by atoms with Gasteiger partial charge in [0.1, 0.15) is 6.04 Å². The summed E-state index contributed by atoms with van der Waals surface area (Å²) in [4.78, 5) is 54.0. The average Bonchev–Trinajstić information content (AvgIpc) is 3.56. The molecular formula is C29H32N2O5. The smallest absolute Gasteiger partial charge is 0.338 e. The molecule has 3 aliphatic rings. The summed E-state index contributed by atoms with van der Waals surface area (Å²) in [7, 11) is 0. The number of esters is 1. The van der Waals surface area contributed by atoms with Crippen molar-refractivity contribution in [3.05, 3.63) is 65.7 Å². The van der Waals surface area contributed by atoms with Gasteiger partial charge in [-0.3, -0.25) is 19.3 Å². The quantitative estimate of drug-likeness (QED) is 0.447. The normalized spacial score (nSPS) is 25.2. The minimum Gasteiger partial charge on any atom is -0.462 e. The van der Waals surface area contributed by atoms with Gasteiger partial charge in [0.15, 0.2) is 0 Å². The van der Waals surface area contributed by atoms with Gasteiger partial charge in [0.05, 0.1) is 24.0 Å². The second kappa shape index (κ2) is 9.88. The highest BCUT2D eigenvalue weighted by molar-refractivity contribution is 6.10. The van der Waals surface area contributed by atoms with Crippen molar-refractivity contribution >= 4 is 29.4 Å². The predicted octanol–water partition coefficient (Wildman–Crippen LogP) is 4.08. The fraction of sp³-hybridized carbons (Fsp3) is 0.448. The number of anilines is 1. The molecule has 2 aliphatic carbocycles. The minimum absolute atomic E-state index is 0.198. The van der Waals surface area contributed by atoms with Crippen LogP contribution in [0.15, 0.2) is 54.6 Å². The Balaban J connectivity index is 1.35. The van der Waals surface area contributed by atoms with Crippen molar-refractivity contribution in [2.75, 3.05) is 11.9 Å². The molecule has 2 saturated carbocycles. The van der Waals surface area contributed by atoms with Crippen LogP contribution < -0.4 is 5.32 Å². The van der Waals surface area contributed by atoms with Crippen LogP contribution in [-0.4, -0.2) is 41.2 Å². The number of rotatable bonds is 8. The topological polar surface area (TPSA) is 92.8 Å². The molecule has 188 valence electrons. The fourth-order valence-corrected chi connectivity index (χ4v) is 6.12. The second-order valence-electron chi connectivity index (χ2n) is 10.7. The molecule has 5 unspecified atom stereocenters. The zero-order valence-corrected chi connectivity index (χ0v) is 20.7. The molecule has 0 spiro atoms. The predicted molar refractivity (Wildman–Crippen MR) is 134 cm³/mol. The van der Waals surface area contributed by atoms with Crippen LogP contribution in [0, 0.1) is 29.6 Å². The van der Waals surface area contributed by atoms with Gasteiger partial charge in [-0.05, 0) is 66.8 Å². The molecular weight excluding hydrogens is 456 g/mol. The van der Waals surface area contributed by atoms with Crippen LogP contribution in [-0.2, 0) is 25.5 Å². The fourth-order valence-electron chi connectivity index (χ4n) is 6.12. The summed E-state index contributed by atoms with van der Waals surface area (Å²) in [6.07, 6.45) is 3.17. The Hall–Kier alpha value is -3.48. The third kappa shape index (κ3) is 4.54. The van der Waals surface area contributed by atoms with Gasteiger partial charge in [-0.1, -0.05) is 44.2 Å². The summed E-state index contributed by atoms with van der Waals surface area (Å²) in [6.45, 7) is 4.26. The van der Waals surface area contributed by atoms with Crippen molar-refractivity contribution < 1.29 is 23.9 Å². The Bertz CT molecular complexity index is 1130. The monoisotopic (exact) mass is 488 g/mol. The number of fused-ring (bicyclic) bond motifs is 5. The van der Waals surface area contributed by atoms with Crippen molar-refractivity contribution in [2.45, 2.75) is 45.6 Å². The van der Waals surface area contributed by atoms with E-state index < -0.39 is 17.9 Å². The van der Waals surface area contributed by atoms with Gasteiger partial charge < -0.3 is 10.1 Å². The highest BCUT2D eigenvalue weighted by Crippen LogP contribution is 2.56. The van der Waals surface area contributed by atoms with Gasteiger partial charge in [0.25, 0.3) is 0 Å². The van der Waals surface area contributed by atoms with Crippen LogP contribution in [0.4, 0.5) is 5.69 Å². The Morgan fingerprint density at radius 1 is 0.944 bits per heavy atom. The molecule has 0 aromatic heterocycles. The van der Waals surface area contributed by atoms with Crippen LogP contribution in [0.2, 0.25) is 0 Å². The molecule has 1 heterocycles. The molecule has 2 aromatic rings. The lowest BCUT2D eigenvalue weighted by Crippen LogP contribution is -2.49. The largest absolute Gasteiger partial charge is 0.462 e. The zero-order chi connectivity index (χ0) is 25.4. The number of carbonyl (C=O) groups is 4. The third-order valence-electron chi connectivity index (χ3n) is 7.78. The van der Waals surface area contributed by atoms with Crippen molar-refractivity contribution in [3.8, 4) is 0 Å². The van der Waals surface area contributed by atoms with Crippen molar-refractivity contribution in [3.63, 3.8) is 0 Å². The maximum atomic E-state index is 13.5. The van der Waals surface area contributed by atoms with E-state index in [1.165, 1.54) is 4.90 Å². The molecule has 1 aliphatic heterocycles. The first kappa shape index (κ1) is 24.2. The Morgan fingerprint density at radius 2 is 1.56 bits per heavy atom. The van der Waals surface area contributed by atoms with Gasteiger partial charge in [-0.2, -0.15) is 0 Å². The minimum atomic E-state index is -0.937. The number of carbonyl (C=O) groups excluding carboxylic acids is 4. The number of hydrogen-bond donors (Lipinski definition) is 1. The molecule has 0 radical (unpaired) electrons. The van der Waals surface area contributed by atoms with Crippen LogP contribution in [0.3, 0.4) is 0 Å².